The highest BCUT2D eigenvalue weighted by Gasteiger charge is 2.35. The van der Waals surface area contributed by atoms with Crippen LogP contribution in [-0.4, -0.2) is 11.6 Å². The van der Waals surface area contributed by atoms with E-state index < -0.39 is 0 Å². The van der Waals surface area contributed by atoms with Crippen molar-refractivity contribution >= 4 is 11.6 Å². The molecular formula is C8H9N3O. The minimum Gasteiger partial charge on any atom is -0.272 e. The zero-order valence-electron chi connectivity index (χ0n) is 6.58. The van der Waals surface area contributed by atoms with Crippen molar-refractivity contribution in [3.05, 3.63) is 0 Å². The molecule has 62 valence electrons. The number of rotatable bonds is 0. The Morgan fingerprint density at radius 3 is 3.25 bits per heavy atom. The number of carbonyl (C=O) groups excluding carboxylic acids is 1. The van der Waals surface area contributed by atoms with Crippen LogP contribution in [0.2, 0.25) is 0 Å². The smallest absolute Gasteiger partial charge is 0.248 e. The summed E-state index contributed by atoms with van der Waals surface area (Å²) < 4.78 is 0. The van der Waals surface area contributed by atoms with Gasteiger partial charge in [-0.15, -0.1) is 0 Å². The van der Waals surface area contributed by atoms with Gasteiger partial charge in [0.2, 0.25) is 5.91 Å². The molecule has 1 N–H and O–H groups in total. The van der Waals surface area contributed by atoms with E-state index in [2.05, 4.69) is 16.6 Å². The summed E-state index contributed by atoms with van der Waals surface area (Å²) in [6.45, 7) is 0. The molecule has 0 aromatic carbocycles. The first-order valence-corrected chi connectivity index (χ1v) is 4.07. The van der Waals surface area contributed by atoms with Crippen molar-refractivity contribution in [3.8, 4) is 6.07 Å². The highest BCUT2D eigenvalue weighted by Crippen LogP contribution is 2.28. The van der Waals surface area contributed by atoms with Gasteiger partial charge in [-0.1, -0.05) is 0 Å². The fraction of sp³-hybridized carbons (Fsp3) is 0.625. The first-order chi connectivity index (χ1) is 5.81. The first-order valence-electron chi connectivity index (χ1n) is 4.07. The summed E-state index contributed by atoms with van der Waals surface area (Å²) in [5.41, 5.74) is 3.38. The van der Waals surface area contributed by atoms with E-state index in [4.69, 9.17) is 5.26 Å². The molecule has 2 unspecified atom stereocenters. The van der Waals surface area contributed by atoms with Gasteiger partial charge in [-0.25, -0.2) is 5.43 Å². The molecule has 2 aliphatic rings. The Morgan fingerprint density at radius 1 is 1.67 bits per heavy atom. The van der Waals surface area contributed by atoms with Crippen molar-refractivity contribution in [2.24, 2.45) is 16.9 Å². The number of amides is 1. The lowest BCUT2D eigenvalue weighted by Crippen LogP contribution is -2.29. The van der Waals surface area contributed by atoms with Gasteiger partial charge in [-0.05, 0) is 19.3 Å². The topological polar surface area (TPSA) is 65.2 Å². The number of nitriles is 1. The van der Waals surface area contributed by atoms with E-state index in [9.17, 15) is 4.79 Å². The largest absolute Gasteiger partial charge is 0.272 e. The molecule has 0 saturated heterocycles. The van der Waals surface area contributed by atoms with Crippen LogP contribution in [0.3, 0.4) is 0 Å². The molecular weight excluding hydrogens is 154 g/mol. The van der Waals surface area contributed by atoms with Gasteiger partial charge in [-0.2, -0.15) is 10.4 Å². The second-order valence-corrected chi connectivity index (χ2v) is 3.23. The number of carbonyl (C=O) groups is 1. The van der Waals surface area contributed by atoms with Crippen molar-refractivity contribution in [3.63, 3.8) is 0 Å². The van der Waals surface area contributed by atoms with E-state index in [0.29, 0.717) is 6.42 Å². The molecule has 2 atom stereocenters. The summed E-state index contributed by atoms with van der Waals surface area (Å²) in [5, 5.41) is 12.6. The van der Waals surface area contributed by atoms with E-state index in [1.807, 2.05) is 0 Å². The monoisotopic (exact) mass is 163 g/mol. The SMILES string of the molecule is N#CC1CCC2=NNC(=O)C2C1. The summed E-state index contributed by atoms with van der Waals surface area (Å²) >= 11 is 0. The van der Waals surface area contributed by atoms with Crippen LogP contribution >= 0.6 is 0 Å². The van der Waals surface area contributed by atoms with Crippen molar-refractivity contribution in [1.29, 1.82) is 5.26 Å². The average Bonchev–Trinajstić information content (AvgIpc) is 2.47. The third-order valence-electron chi connectivity index (χ3n) is 2.48. The van der Waals surface area contributed by atoms with Crippen LogP contribution in [0.4, 0.5) is 0 Å². The quantitative estimate of drug-likeness (QED) is 0.562. The number of hydrazone groups is 1. The lowest BCUT2D eigenvalue weighted by Gasteiger charge is -2.19. The van der Waals surface area contributed by atoms with Crippen LogP contribution < -0.4 is 5.43 Å². The third kappa shape index (κ3) is 0.981. The third-order valence-corrected chi connectivity index (χ3v) is 2.48. The molecule has 4 nitrogen and oxygen atoms in total. The van der Waals surface area contributed by atoms with Gasteiger partial charge in [-0.3, -0.25) is 4.79 Å². The van der Waals surface area contributed by atoms with Crippen molar-refractivity contribution in [2.45, 2.75) is 19.3 Å². The fourth-order valence-corrected chi connectivity index (χ4v) is 1.75. The molecule has 1 saturated carbocycles. The summed E-state index contributed by atoms with van der Waals surface area (Å²) in [6.07, 6.45) is 2.30. The van der Waals surface area contributed by atoms with E-state index >= 15 is 0 Å². The molecule has 1 heterocycles. The predicted molar refractivity (Wildman–Crippen MR) is 42.0 cm³/mol. The van der Waals surface area contributed by atoms with E-state index in [1.165, 1.54) is 0 Å². The Balaban J connectivity index is 2.14. The summed E-state index contributed by atoms with van der Waals surface area (Å²) in [7, 11) is 0. The van der Waals surface area contributed by atoms with Crippen LogP contribution in [-0.2, 0) is 4.79 Å². The Morgan fingerprint density at radius 2 is 2.50 bits per heavy atom. The molecule has 0 bridgehead atoms. The summed E-state index contributed by atoms with van der Waals surface area (Å²) in [4.78, 5) is 11.1. The van der Waals surface area contributed by atoms with Gasteiger partial charge in [0.1, 0.15) is 0 Å². The first kappa shape index (κ1) is 7.29. The van der Waals surface area contributed by atoms with Gasteiger partial charge in [0, 0.05) is 5.92 Å². The number of hydrogen-bond donors (Lipinski definition) is 1. The Kier molecular flexibility index (Phi) is 1.58. The summed E-state index contributed by atoms with van der Waals surface area (Å²) in [6, 6.07) is 2.20. The number of nitrogens with one attached hydrogen (secondary N) is 1. The standard InChI is InChI=1S/C8H9N3O/c9-4-5-1-2-7-6(3-5)8(12)11-10-7/h5-6H,1-3H2,(H,11,12). The number of hydrogen-bond acceptors (Lipinski definition) is 3. The molecule has 0 aromatic rings. The fourth-order valence-electron chi connectivity index (χ4n) is 1.75. The number of nitrogens with zero attached hydrogens (tertiary/aromatic N) is 2. The molecule has 1 amide bonds. The zero-order chi connectivity index (χ0) is 8.55. The Hall–Kier alpha value is -1.37. The minimum absolute atomic E-state index is 0.0371. The molecule has 0 radical (unpaired) electrons. The predicted octanol–water partition coefficient (Wildman–Crippen LogP) is 0.412. The van der Waals surface area contributed by atoms with Crippen LogP contribution in [0, 0.1) is 23.2 Å². The molecule has 1 fully saturated rings. The van der Waals surface area contributed by atoms with Crippen LogP contribution in [0.5, 0.6) is 0 Å². The Bertz CT molecular complexity index is 289. The number of fused-ring (bicyclic) bond motifs is 1. The van der Waals surface area contributed by atoms with Crippen molar-refractivity contribution in [1.82, 2.24) is 5.43 Å². The molecule has 1 aliphatic carbocycles. The lowest BCUT2D eigenvalue weighted by molar-refractivity contribution is -0.122. The highest BCUT2D eigenvalue weighted by atomic mass is 16.2. The minimum atomic E-state index is -0.108. The maximum absolute atomic E-state index is 11.1. The van der Waals surface area contributed by atoms with Crippen LogP contribution in [0.1, 0.15) is 19.3 Å². The van der Waals surface area contributed by atoms with E-state index in [0.717, 1.165) is 18.6 Å². The van der Waals surface area contributed by atoms with Gasteiger partial charge in [0.15, 0.2) is 0 Å². The van der Waals surface area contributed by atoms with Crippen molar-refractivity contribution in [2.75, 3.05) is 0 Å². The molecule has 4 heteroatoms. The highest BCUT2D eigenvalue weighted by molar-refractivity contribution is 6.08. The molecule has 0 aromatic heterocycles. The van der Waals surface area contributed by atoms with E-state index in [1.54, 1.807) is 0 Å². The van der Waals surface area contributed by atoms with Crippen LogP contribution in [0.25, 0.3) is 0 Å². The van der Waals surface area contributed by atoms with E-state index in [-0.39, 0.29) is 17.7 Å². The van der Waals surface area contributed by atoms with Crippen LogP contribution in [0.15, 0.2) is 5.10 Å². The molecule has 1 aliphatic heterocycles. The van der Waals surface area contributed by atoms with Gasteiger partial charge >= 0.3 is 0 Å². The summed E-state index contributed by atoms with van der Waals surface area (Å²) in [5.74, 6) is -0.105. The van der Waals surface area contributed by atoms with Gasteiger partial charge < -0.3 is 0 Å². The van der Waals surface area contributed by atoms with Crippen molar-refractivity contribution < 1.29 is 4.79 Å². The molecule has 0 spiro atoms. The maximum Gasteiger partial charge on any atom is 0.248 e. The zero-order valence-corrected chi connectivity index (χ0v) is 6.58. The molecule has 2 rings (SSSR count). The maximum atomic E-state index is 11.1. The second-order valence-electron chi connectivity index (χ2n) is 3.23. The Labute approximate surface area is 70.3 Å². The van der Waals surface area contributed by atoms with Gasteiger partial charge in [0.05, 0.1) is 17.7 Å². The second kappa shape index (κ2) is 2.59. The normalized spacial score (nSPS) is 33.2. The lowest BCUT2D eigenvalue weighted by atomic mass is 9.81. The molecule has 12 heavy (non-hydrogen) atoms. The van der Waals surface area contributed by atoms with Gasteiger partial charge in [0.25, 0.3) is 0 Å². The average molecular weight is 163 g/mol.